The highest BCUT2D eigenvalue weighted by Gasteiger charge is 2.33. The van der Waals surface area contributed by atoms with Gasteiger partial charge in [0.2, 0.25) is 5.91 Å². The highest BCUT2D eigenvalue weighted by atomic mass is 16.3. The minimum Gasteiger partial charge on any atom is -0.394 e. The third-order valence-electron chi connectivity index (χ3n) is 2.53. The van der Waals surface area contributed by atoms with Crippen molar-refractivity contribution in [1.82, 2.24) is 5.32 Å². The first kappa shape index (κ1) is 10.5. The lowest BCUT2D eigenvalue weighted by atomic mass is 10.1. The van der Waals surface area contributed by atoms with Crippen molar-refractivity contribution in [3.8, 4) is 0 Å². The van der Waals surface area contributed by atoms with Crippen LogP contribution in [0.3, 0.4) is 0 Å². The number of aliphatic hydroxyl groups is 2. The lowest BCUT2D eigenvalue weighted by molar-refractivity contribution is -0.126. The molecule has 1 atom stereocenters. The van der Waals surface area contributed by atoms with Crippen molar-refractivity contribution in [1.29, 1.82) is 0 Å². The molecule has 0 bridgehead atoms. The van der Waals surface area contributed by atoms with Gasteiger partial charge in [0, 0.05) is 5.92 Å². The zero-order valence-corrected chi connectivity index (χ0v) is 7.86. The standard InChI is InChI=1S/C9H17NO3/c1-6(7-2-3-7)9(13)10-8(4-11)5-12/h6-8,11-12H,2-5H2,1H3,(H,10,13). The van der Waals surface area contributed by atoms with Crippen LogP contribution >= 0.6 is 0 Å². The second kappa shape index (κ2) is 4.58. The molecular weight excluding hydrogens is 170 g/mol. The SMILES string of the molecule is CC(C(=O)NC(CO)CO)C1CC1. The Morgan fingerprint density at radius 1 is 1.46 bits per heavy atom. The average Bonchev–Trinajstić information content (AvgIpc) is 2.95. The summed E-state index contributed by atoms with van der Waals surface area (Å²) in [5.74, 6) is 0.467. The molecule has 1 aliphatic carbocycles. The van der Waals surface area contributed by atoms with E-state index in [9.17, 15) is 4.79 Å². The molecule has 13 heavy (non-hydrogen) atoms. The van der Waals surface area contributed by atoms with E-state index in [4.69, 9.17) is 10.2 Å². The van der Waals surface area contributed by atoms with Crippen molar-refractivity contribution < 1.29 is 15.0 Å². The van der Waals surface area contributed by atoms with Gasteiger partial charge in [-0.1, -0.05) is 6.92 Å². The lowest BCUT2D eigenvalue weighted by Gasteiger charge is -2.16. The van der Waals surface area contributed by atoms with Gasteiger partial charge in [0.15, 0.2) is 0 Å². The van der Waals surface area contributed by atoms with E-state index in [-0.39, 0.29) is 25.0 Å². The minimum atomic E-state index is -0.506. The number of amides is 1. The second-order valence-corrected chi connectivity index (χ2v) is 3.70. The molecule has 0 heterocycles. The summed E-state index contributed by atoms with van der Waals surface area (Å²) in [6, 6.07) is -0.506. The van der Waals surface area contributed by atoms with Crippen LogP contribution in [-0.4, -0.2) is 35.4 Å². The van der Waals surface area contributed by atoms with E-state index in [1.54, 1.807) is 0 Å². The van der Waals surface area contributed by atoms with E-state index in [1.165, 1.54) is 0 Å². The maximum Gasteiger partial charge on any atom is 0.223 e. The fraction of sp³-hybridized carbons (Fsp3) is 0.889. The summed E-state index contributed by atoms with van der Waals surface area (Å²) in [5.41, 5.74) is 0. The van der Waals surface area contributed by atoms with Crippen molar-refractivity contribution in [3.05, 3.63) is 0 Å². The van der Waals surface area contributed by atoms with Crippen molar-refractivity contribution >= 4 is 5.91 Å². The number of hydrogen-bond donors (Lipinski definition) is 3. The molecule has 0 saturated heterocycles. The van der Waals surface area contributed by atoms with Crippen molar-refractivity contribution in [2.75, 3.05) is 13.2 Å². The van der Waals surface area contributed by atoms with Gasteiger partial charge in [0.1, 0.15) is 0 Å². The van der Waals surface area contributed by atoms with Gasteiger partial charge in [-0.15, -0.1) is 0 Å². The Hall–Kier alpha value is -0.610. The zero-order chi connectivity index (χ0) is 9.84. The van der Waals surface area contributed by atoms with Gasteiger partial charge < -0.3 is 15.5 Å². The zero-order valence-electron chi connectivity index (χ0n) is 7.86. The Bertz CT molecular complexity index is 176. The van der Waals surface area contributed by atoms with Crippen LogP contribution in [0.15, 0.2) is 0 Å². The number of carbonyl (C=O) groups is 1. The average molecular weight is 187 g/mol. The monoisotopic (exact) mass is 187 g/mol. The van der Waals surface area contributed by atoms with Gasteiger partial charge in [-0.05, 0) is 18.8 Å². The van der Waals surface area contributed by atoms with Crippen LogP contribution in [0, 0.1) is 11.8 Å². The Kier molecular flexibility index (Phi) is 3.69. The van der Waals surface area contributed by atoms with Crippen LogP contribution in [-0.2, 0) is 4.79 Å². The molecule has 0 aromatic rings. The first-order chi connectivity index (χ1) is 6.19. The van der Waals surface area contributed by atoms with E-state index in [1.807, 2.05) is 6.92 Å². The summed E-state index contributed by atoms with van der Waals surface area (Å²) in [6.07, 6.45) is 2.25. The second-order valence-electron chi connectivity index (χ2n) is 3.70. The summed E-state index contributed by atoms with van der Waals surface area (Å²) >= 11 is 0. The summed E-state index contributed by atoms with van der Waals surface area (Å²) in [6.45, 7) is 1.47. The van der Waals surface area contributed by atoms with Gasteiger partial charge in [-0.2, -0.15) is 0 Å². The largest absolute Gasteiger partial charge is 0.394 e. The van der Waals surface area contributed by atoms with E-state index in [0.717, 1.165) is 12.8 Å². The third-order valence-corrected chi connectivity index (χ3v) is 2.53. The smallest absolute Gasteiger partial charge is 0.223 e. The van der Waals surface area contributed by atoms with E-state index >= 15 is 0 Å². The third kappa shape index (κ3) is 2.97. The van der Waals surface area contributed by atoms with Crippen LogP contribution in [0.2, 0.25) is 0 Å². The lowest BCUT2D eigenvalue weighted by Crippen LogP contribution is -2.43. The van der Waals surface area contributed by atoms with Crippen LogP contribution in [0.4, 0.5) is 0 Å². The van der Waals surface area contributed by atoms with Crippen molar-refractivity contribution in [2.24, 2.45) is 11.8 Å². The predicted octanol–water partition coefficient (Wildman–Crippen LogP) is -0.498. The topological polar surface area (TPSA) is 69.6 Å². The maximum absolute atomic E-state index is 11.4. The highest BCUT2D eigenvalue weighted by Crippen LogP contribution is 2.36. The number of hydrogen-bond acceptors (Lipinski definition) is 3. The number of aliphatic hydroxyl groups excluding tert-OH is 2. The van der Waals surface area contributed by atoms with E-state index in [2.05, 4.69) is 5.32 Å². The number of rotatable bonds is 5. The predicted molar refractivity (Wildman–Crippen MR) is 48.0 cm³/mol. The maximum atomic E-state index is 11.4. The molecule has 0 aliphatic heterocycles. The molecule has 4 heteroatoms. The normalized spacial score (nSPS) is 18.8. The van der Waals surface area contributed by atoms with Crippen LogP contribution < -0.4 is 5.32 Å². The molecular formula is C9H17NO3. The molecule has 1 rings (SSSR count). The molecule has 1 fully saturated rings. The molecule has 0 aromatic heterocycles. The molecule has 0 spiro atoms. The van der Waals surface area contributed by atoms with Gasteiger partial charge in [0.25, 0.3) is 0 Å². The van der Waals surface area contributed by atoms with Crippen molar-refractivity contribution in [2.45, 2.75) is 25.8 Å². The molecule has 0 radical (unpaired) electrons. The summed E-state index contributed by atoms with van der Waals surface area (Å²) in [5, 5.41) is 20.1. The fourth-order valence-electron chi connectivity index (χ4n) is 1.29. The Labute approximate surface area is 78.0 Å². The molecule has 1 unspecified atom stereocenters. The molecule has 1 amide bonds. The van der Waals surface area contributed by atoms with E-state index in [0.29, 0.717) is 5.92 Å². The van der Waals surface area contributed by atoms with E-state index < -0.39 is 6.04 Å². The summed E-state index contributed by atoms with van der Waals surface area (Å²) < 4.78 is 0. The Morgan fingerprint density at radius 3 is 2.38 bits per heavy atom. The molecule has 4 nitrogen and oxygen atoms in total. The molecule has 0 aromatic carbocycles. The van der Waals surface area contributed by atoms with Crippen molar-refractivity contribution in [3.63, 3.8) is 0 Å². The van der Waals surface area contributed by atoms with Crippen LogP contribution in [0.25, 0.3) is 0 Å². The van der Waals surface area contributed by atoms with Crippen LogP contribution in [0.5, 0.6) is 0 Å². The minimum absolute atomic E-state index is 0.0144. The first-order valence-corrected chi connectivity index (χ1v) is 4.71. The molecule has 3 N–H and O–H groups in total. The molecule has 1 aliphatic rings. The Morgan fingerprint density at radius 2 is 2.00 bits per heavy atom. The van der Waals surface area contributed by atoms with Gasteiger partial charge in [-0.25, -0.2) is 0 Å². The van der Waals surface area contributed by atoms with Gasteiger partial charge in [-0.3, -0.25) is 4.79 Å². The first-order valence-electron chi connectivity index (χ1n) is 4.71. The van der Waals surface area contributed by atoms with Gasteiger partial charge in [0.05, 0.1) is 19.3 Å². The quantitative estimate of drug-likeness (QED) is 0.543. The number of nitrogens with one attached hydrogen (secondary N) is 1. The highest BCUT2D eigenvalue weighted by molar-refractivity contribution is 5.79. The Balaban J connectivity index is 2.29. The summed E-state index contributed by atoms with van der Waals surface area (Å²) in [4.78, 5) is 11.4. The molecule has 1 saturated carbocycles. The number of carbonyl (C=O) groups excluding carboxylic acids is 1. The summed E-state index contributed by atoms with van der Waals surface area (Å²) in [7, 11) is 0. The van der Waals surface area contributed by atoms with Crippen LogP contribution in [0.1, 0.15) is 19.8 Å². The molecule has 76 valence electrons. The fourth-order valence-corrected chi connectivity index (χ4v) is 1.29. The van der Waals surface area contributed by atoms with Gasteiger partial charge >= 0.3 is 0 Å².